The highest BCUT2D eigenvalue weighted by atomic mass is 32.1. The summed E-state index contributed by atoms with van der Waals surface area (Å²) in [6, 6.07) is 57.6. The summed E-state index contributed by atoms with van der Waals surface area (Å²) in [5.41, 5.74) is 21.8. The van der Waals surface area contributed by atoms with Crippen LogP contribution in [0.5, 0.6) is 0 Å². The molecule has 0 fully saturated rings. The van der Waals surface area contributed by atoms with Crippen LogP contribution in [0.15, 0.2) is 237 Å². The van der Waals surface area contributed by atoms with Crippen LogP contribution in [-0.2, 0) is 42.3 Å². The standard InChI is InChI=1S/C23H24N.C19H18N3.C18H15N2O.C18H15N2S.C10H11N4.18C2H6/c1-13-9-7-10-18-20(13)23-19(11-8-12-24(23)6)22-17(5)15(3)14(2)16(4)21(18)22;1-13-11-16-14-7-4-5-8-17(14)22(3)18(16)12-15(13)19-20-9-6-10-21(19)2;2*1-12-10-15-13-6-3-4-7-16(13)21-17(15)11-14(12)18-19-8-5-9-20(18)2;1-8-6-11-7-13-9(8)10-12-4-3-5-14(10)2;18*1-2/h7-12H,1-6H3;4-12H,1-3H3;2*3-11H,1-2H3;3-7H,1-2H3;18*1-2H3/q5*+1;;;;;;;;;;;;;;;;;;. The van der Waals surface area contributed by atoms with Crippen molar-refractivity contribution in [2.24, 2.45) is 42.3 Å². The van der Waals surface area contributed by atoms with E-state index < -0.39 is 0 Å². The maximum atomic E-state index is 5.97. The fourth-order valence-corrected chi connectivity index (χ4v) is 15.6. The molecule has 0 unspecified atom stereocenters. The van der Waals surface area contributed by atoms with E-state index in [4.69, 9.17) is 4.42 Å². The number of fused-ring (bicyclic) bond motifs is 15. The zero-order valence-electron chi connectivity index (χ0n) is 96.6. The quantitative estimate of drug-likeness (QED) is 0.127. The van der Waals surface area contributed by atoms with Crippen molar-refractivity contribution in [3.05, 3.63) is 282 Å². The van der Waals surface area contributed by atoms with Crippen LogP contribution in [-0.4, -0.2) is 34.5 Å². The van der Waals surface area contributed by atoms with E-state index in [-0.39, 0.29) is 0 Å². The van der Waals surface area contributed by atoms with Crippen molar-refractivity contribution in [2.45, 2.75) is 312 Å². The fourth-order valence-electron chi connectivity index (χ4n) is 14.5. The van der Waals surface area contributed by atoms with E-state index in [0.29, 0.717) is 0 Å². The largest absolute Gasteiger partial charge is 0.456 e. The van der Waals surface area contributed by atoms with Gasteiger partial charge in [-0.1, -0.05) is 322 Å². The highest BCUT2D eigenvalue weighted by Crippen LogP contribution is 2.42. The molecule has 18 rings (SSSR count). The summed E-state index contributed by atoms with van der Waals surface area (Å²) < 4.78 is 21.3. The molecule has 0 saturated carbocycles. The van der Waals surface area contributed by atoms with Gasteiger partial charge in [-0.25, -0.2) is 32.8 Å². The molecule has 0 amide bonds. The number of hydrogen-bond donors (Lipinski definition) is 0. The Labute approximate surface area is 845 Å². The summed E-state index contributed by atoms with van der Waals surface area (Å²) in [5.74, 6) is 3.80. The van der Waals surface area contributed by atoms with Gasteiger partial charge in [0.1, 0.15) is 49.3 Å². The second-order valence-corrected chi connectivity index (χ2v) is 27.8. The van der Waals surface area contributed by atoms with Crippen molar-refractivity contribution < 1.29 is 27.3 Å². The lowest BCUT2D eigenvalue weighted by Gasteiger charge is -2.18. The van der Waals surface area contributed by atoms with Gasteiger partial charge in [0.15, 0.2) is 11.9 Å². The molecule has 0 spiro atoms. The van der Waals surface area contributed by atoms with Gasteiger partial charge in [0, 0.05) is 102 Å². The number of hydrogen-bond acceptors (Lipinski definition) is 8. The zero-order chi connectivity index (χ0) is 107. The lowest BCUT2D eigenvalue weighted by Crippen LogP contribution is -2.31. The van der Waals surface area contributed by atoms with Crippen molar-refractivity contribution >= 4 is 108 Å². The second kappa shape index (κ2) is 78.1. The van der Waals surface area contributed by atoms with Crippen LogP contribution in [0.25, 0.3) is 142 Å². The minimum Gasteiger partial charge on any atom is -0.456 e. The number of nitrogens with zero attached hydrogens (tertiary/aromatic N) is 12. The first kappa shape index (κ1) is 135. The molecule has 0 N–H and O–H groups in total. The molecule has 0 atom stereocenters. The van der Waals surface area contributed by atoms with Crippen LogP contribution in [0, 0.1) is 62.3 Å². The van der Waals surface area contributed by atoms with Crippen LogP contribution in [0.3, 0.4) is 0 Å². The van der Waals surface area contributed by atoms with Crippen LogP contribution in [0.1, 0.15) is 299 Å². The molecule has 0 aliphatic carbocycles. The zero-order valence-corrected chi connectivity index (χ0v) is 97.4. The van der Waals surface area contributed by atoms with Crippen molar-refractivity contribution in [3.63, 3.8) is 0 Å². The molecule has 9 aromatic heterocycles. The monoisotopic (exact) mass is 1900 g/mol. The van der Waals surface area contributed by atoms with Crippen LogP contribution < -0.4 is 22.8 Å². The van der Waals surface area contributed by atoms with Gasteiger partial charge in [0.25, 0.3) is 0 Å². The Bertz CT molecular complexity index is 6010. The Morgan fingerprint density at radius 3 is 1.09 bits per heavy atom. The second-order valence-electron chi connectivity index (χ2n) is 26.7. The van der Waals surface area contributed by atoms with Crippen LogP contribution >= 0.6 is 11.3 Å². The fraction of sp³-hybridized carbons (Fsp3) is 0.411. The molecule has 0 bridgehead atoms. The number of pyridine rings is 1. The molecule has 754 valence electrons. The Morgan fingerprint density at radius 2 is 0.630 bits per heavy atom. The van der Waals surface area contributed by atoms with Gasteiger partial charge in [-0.2, -0.15) is 0 Å². The van der Waals surface area contributed by atoms with E-state index in [9.17, 15) is 0 Å². The Morgan fingerprint density at radius 1 is 0.261 bits per heavy atom. The third kappa shape index (κ3) is 34.9. The van der Waals surface area contributed by atoms with Crippen LogP contribution in [0.2, 0.25) is 0 Å². The molecule has 138 heavy (non-hydrogen) atoms. The molecule has 0 radical (unpaired) electrons. The maximum absolute atomic E-state index is 5.97. The average Bonchev–Trinajstić information content (AvgIpc) is 0.814. The Balaban J connectivity index is -0.000000495. The summed E-state index contributed by atoms with van der Waals surface area (Å²) in [7, 11) is 12.3. The number of aromatic nitrogens is 12. The number of thiophene rings is 1. The normalized spacial score (nSPS) is 9.12. The van der Waals surface area contributed by atoms with Crippen molar-refractivity contribution in [2.75, 3.05) is 0 Å². The molecular weight excluding hydrogens is 1710 g/mol. The lowest BCUT2D eigenvalue weighted by molar-refractivity contribution is -0.663. The minimum absolute atomic E-state index is 0.854. The number of rotatable bonds is 4. The van der Waals surface area contributed by atoms with E-state index in [1.807, 2.05) is 391 Å². The van der Waals surface area contributed by atoms with E-state index >= 15 is 0 Å². The molecule has 9 heterocycles. The first-order valence-electron chi connectivity index (χ1n) is 52.4. The topological polar surface area (TPSA) is 115 Å². The minimum atomic E-state index is 0.854. The van der Waals surface area contributed by atoms with Crippen LogP contribution in [0.4, 0.5) is 0 Å². The third-order valence-electron chi connectivity index (χ3n) is 20.2. The summed E-state index contributed by atoms with van der Waals surface area (Å²) in [4.78, 5) is 26.0. The number of para-hydroxylation sites is 2. The van der Waals surface area contributed by atoms with E-state index in [1.54, 1.807) is 12.4 Å². The Kier molecular flexibility index (Phi) is 76.2. The SMILES string of the molecule is CC.CC.CC.CC.CC.CC.CC.CC.CC.CC.CC.CC.CC.CC.CC.CC.CC.CC.Cc1c(C)c(C)c2c3ccc[n+](C)c3c3c(C)cccc3c2c1C.Cc1cc2c(cc1-c1nccc[n+]1C)oc1ccccc12.Cc1cc2c(cc1-c1nccc[n+]1C)sc1ccccc12.Cc1cc2c3ccccc3n(C)c2cc1-c1nccc[n+]1C.Cc1cncnc1-c1nccc[n+]1C. The Hall–Kier alpha value is -11.9. The first-order chi connectivity index (χ1) is 67.4. The van der Waals surface area contributed by atoms with E-state index in [1.165, 1.54) is 136 Å². The van der Waals surface area contributed by atoms with Crippen molar-refractivity contribution in [3.8, 4) is 45.7 Å². The van der Waals surface area contributed by atoms with Gasteiger partial charge in [-0.3, -0.25) is 0 Å². The van der Waals surface area contributed by atoms with E-state index in [0.717, 1.165) is 62.1 Å². The van der Waals surface area contributed by atoms with Gasteiger partial charge in [-0.05, 0) is 204 Å². The number of benzene rings is 9. The van der Waals surface area contributed by atoms with Crippen molar-refractivity contribution in [1.82, 2.24) is 34.5 Å². The molecule has 18 aromatic rings. The average molecular weight is 1900 g/mol. The van der Waals surface area contributed by atoms with Gasteiger partial charge in [-0.15, -0.1) is 11.3 Å². The van der Waals surface area contributed by atoms with Gasteiger partial charge < -0.3 is 8.98 Å². The van der Waals surface area contributed by atoms with Gasteiger partial charge in [0.05, 0.1) is 80.4 Å². The summed E-state index contributed by atoms with van der Waals surface area (Å²) in [6.07, 6.45) is 20.8. The number of aryl methyl sites for hydroxylation is 13. The summed E-state index contributed by atoms with van der Waals surface area (Å²) in [6.45, 7) is 91.7. The van der Waals surface area contributed by atoms with E-state index in [2.05, 4.69) is 245 Å². The van der Waals surface area contributed by atoms with Gasteiger partial charge >= 0.3 is 23.3 Å². The molecule has 0 aliphatic rings. The molecule has 14 heteroatoms. The highest BCUT2D eigenvalue weighted by molar-refractivity contribution is 7.25. The predicted molar refractivity (Wildman–Crippen MR) is 620 cm³/mol. The molecule has 0 aliphatic heterocycles. The summed E-state index contributed by atoms with van der Waals surface area (Å²) >= 11 is 1.85. The molecule has 9 aromatic carbocycles. The van der Waals surface area contributed by atoms with Crippen molar-refractivity contribution in [1.29, 1.82) is 0 Å². The smallest absolute Gasteiger partial charge is 0.348 e. The highest BCUT2D eigenvalue weighted by Gasteiger charge is 2.24. The van der Waals surface area contributed by atoms with Gasteiger partial charge in [0.2, 0.25) is 5.52 Å². The predicted octanol–water partition coefficient (Wildman–Crippen LogP) is 36.2. The molecule has 13 nitrogen and oxygen atoms in total. The molecular formula is C124H191N12OS+5. The summed E-state index contributed by atoms with van der Waals surface area (Å²) in [5, 5.41) is 14.6. The maximum Gasteiger partial charge on any atom is 0.348 e. The first-order valence-corrected chi connectivity index (χ1v) is 53.2. The lowest BCUT2D eigenvalue weighted by atomic mass is 9.85. The molecule has 0 saturated heterocycles. The third-order valence-corrected chi connectivity index (χ3v) is 21.3. The number of furan rings is 1.